The molecule has 2 aromatic carbocycles. The molecule has 0 radical (unpaired) electrons. The average Bonchev–Trinajstić information content (AvgIpc) is 2.52. The van der Waals surface area contributed by atoms with Crippen LogP contribution in [0.4, 0.5) is 0 Å². The van der Waals surface area contributed by atoms with Crippen LogP contribution in [0.2, 0.25) is 0 Å². The van der Waals surface area contributed by atoms with Gasteiger partial charge in [0.05, 0.1) is 6.61 Å². The van der Waals surface area contributed by atoms with Gasteiger partial charge < -0.3 is 4.74 Å². The van der Waals surface area contributed by atoms with Crippen molar-refractivity contribution in [3.05, 3.63) is 53.6 Å². The fourth-order valence-corrected chi connectivity index (χ4v) is 2.22. The zero-order valence-electron chi connectivity index (χ0n) is 13.0. The van der Waals surface area contributed by atoms with E-state index in [2.05, 4.69) is 0 Å². The van der Waals surface area contributed by atoms with Crippen molar-refractivity contribution in [3.8, 4) is 0 Å². The van der Waals surface area contributed by atoms with Crippen molar-refractivity contribution in [2.24, 2.45) is 0 Å². The number of carbonyl (C=O) groups is 2. The molecule has 0 atom stereocenters. The van der Waals surface area contributed by atoms with Gasteiger partial charge in [-0.2, -0.15) is 0 Å². The summed E-state index contributed by atoms with van der Waals surface area (Å²) in [5, 5.41) is 2.04. The molecule has 0 bridgehead atoms. The molecule has 0 saturated carbocycles. The minimum absolute atomic E-state index is 0.0234. The molecule has 114 valence electrons. The van der Waals surface area contributed by atoms with Gasteiger partial charge in [-0.1, -0.05) is 37.6 Å². The number of ketones is 1. The normalized spacial score (nSPS) is 11.0. The lowest BCUT2D eigenvalue weighted by molar-refractivity contribution is -0.137. The van der Waals surface area contributed by atoms with Crippen LogP contribution >= 0.6 is 0 Å². The third-order valence-corrected chi connectivity index (χ3v) is 3.44. The molecule has 22 heavy (non-hydrogen) atoms. The van der Waals surface area contributed by atoms with Crippen LogP contribution in [0.3, 0.4) is 0 Å². The fraction of sp³-hybridized carbons (Fsp3) is 0.263. The van der Waals surface area contributed by atoms with Gasteiger partial charge >= 0.3 is 5.97 Å². The van der Waals surface area contributed by atoms with Gasteiger partial charge in [-0.05, 0) is 47.9 Å². The molecule has 0 N–H and O–H groups in total. The van der Waals surface area contributed by atoms with Crippen LogP contribution in [0.1, 0.15) is 42.6 Å². The lowest BCUT2D eigenvalue weighted by atomic mass is 9.98. The second kappa shape index (κ2) is 7.55. The van der Waals surface area contributed by atoms with Crippen LogP contribution in [0.15, 0.2) is 42.5 Å². The van der Waals surface area contributed by atoms with Crippen molar-refractivity contribution in [2.45, 2.75) is 26.7 Å². The number of fused-ring (bicyclic) bond motifs is 1. The van der Waals surface area contributed by atoms with Crippen LogP contribution in [0.25, 0.3) is 16.8 Å². The maximum atomic E-state index is 11.8. The number of hydrogen-bond acceptors (Lipinski definition) is 3. The molecular weight excluding hydrogens is 276 g/mol. The average molecular weight is 296 g/mol. The van der Waals surface area contributed by atoms with Gasteiger partial charge in [0.25, 0.3) is 0 Å². The molecule has 0 saturated heterocycles. The quantitative estimate of drug-likeness (QED) is 0.343. The highest BCUT2D eigenvalue weighted by Gasteiger charge is 2.07. The highest BCUT2D eigenvalue weighted by molar-refractivity contribution is 6.03. The molecule has 2 aromatic rings. The number of ether oxygens (including phenoxy) is 1. The molecule has 0 spiro atoms. The van der Waals surface area contributed by atoms with Crippen molar-refractivity contribution in [3.63, 3.8) is 0 Å². The van der Waals surface area contributed by atoms with Crippen molar-refractivity contribution in [1.29, 1.82) is 0 Å². The molecule has 0 aliphatic carbocycles. The first-order valence-electron chi connectivity index (χ1n) is 7.50. The van der Waals surface area contributed by atoms with Crippen molar-refractivity contribution in [2.75, 3.05) is 6.61 Å². The number of Topliss-reactive ketones (excluding diaryl/α,β-unsaturated/α-hetero) is 1. The summed E-state index contributed by atoms with van der Waals surface area (Å²) >= 11 is 0. The summed E-state index contributed by atoms with van der Waals surface area (Å²) in [7, 11) is 0. The van der Waals surface area contributed by atoms with Gasteiger partial charge in [0.1, 0.15) is 0 Å². The molecule has 2 rings (SSSR count). The zero-order chi connectivity index (χ0) is 15.9. The molecule has 0 unspecified atom stereocenters. The maximum Gasteiger partial charge on any atom is 0.330 e. The van der Waals surface area contributed by atoms with Gasteiger partial charge in [0.15, 0.2) is 5.78 Å². The fourth-order valence-electron chi connectivity index (χ4n) is 2.22. The Labute approximate surface area is 130 Å². The van der Waals surface area contributed by atoms with Crippen LogP contribution < -0.4 is 0 Å². The van der Waals surface area contributed by atoms with E-state index in [0.29, 0.717) is 12.2 Å². The maximum absolute atomic E-state index is 11.8. The minimum atomic E-state index is -0.379. The number of esters is 1. The molecule has 0 amide bonds. The van der Waals surface area contributed by atoms with E-state index in [-0.39, 0.29) is 11.8 Å². The smallest absolute Gasteiger partial charge is 0.330 e. The molecular formula is C19H20O3. The van der Waals surface area contributed by atoms with E-state index in [9.17, 15) is 9.59 Å². The van der Waals surface area contributed by atoms with Crippen LogP contribution in [0, 0.1) is 0 Å². The topological polar surface area (TPSA) is 43.4 Å². The summed E-state index contributed by atoms with van der Waals surface area (Å²) in [6.45, 7) is 4.00. The molecule has 3 nitrogen and oxygen atoms in total. The van der Waals surface area contributed by atoms with Crippen molar-refractivity contribution < 1.29 is 14.3 Å². The summed E-state index contributed by atoms with van der Waals surface area (Å²) < 4.78 is 5.08. The Morgan fingerprint density at radius 3 is 2.45 bits per heavy atom. The van der Waals surface area contributed by atoms with Gasteiger partial charge in [-0.3, -0.25) is 4.79 Å². The lowest BCUT2D eigenvalue weighted by Crippen LogP contribution is -2.02. The summed E-state index contributed by atoms with van der Waals surface area (Å²) in [5.41, 5.74) is 1.34. The highest BCUT2D eigenvalue weighted by Crippen LogP contribution is 2.21. The van der Waals surface area contributed by atoms with Gasteiger partial charge in [0, 0.05) is 11.6 Å². The molecule has 0 heterocycles. The largest absolute Gasteiger partial charge is 0.463 e. The Bertz CT molecular complexity index is 714. The zero-order valence-corrected chi connectivity index (χ0v) is 13.0. The predicted molar refractivity (Wildman–Crippen MR) is 88.9 cm³/mol. The van der Waals surface area contributed by atoms with E-state index in [1.54, 1.807) is 6.08 Å². The van der Waals surface area contributed by atoms with Gasteiger partial charge in [-0.25, -0.2) is 4.79 Å². The summed E-state index contributed by atoms with van der Waals surface area (Å²) in [6.07, 6.45) is 4.87. The van der Waals surface area contributed by atoms with Gasteiger partial charge in [0.2, 0.25) is 0 Å². The lowest BCUT2D eigenvalue weighted by Gasteiger charge is -2.06. The Balaban J connectivity index is 2.27. The summed E-state index contributed by atoms with van der Waals surface area (Å²) in [5.74, 6) is -0.402. The van der Waals surface area contributed by atoms with E-state index < -0.39 is 0 Å². The SMILES string of the molecule is CCCCOC(=O)/C=C/c1cc2ccccc2cc1C(C)=O. The van der Waals surface area contributed by atoms with E-state index >= 15 is 0 Å². The minimum Gasteiger partial charge on any atom is -0.463 e. The first kappa shape index (κ1) is 16.0. The van der Waals surface area contributed by atoms with E-state index in [1.807, 2.05) is 43.3 Å². The standard InChI is InChI=1S/C19H20O3/c1-3-4-11-22-19(21)10-9-17-12-15-7-5-6-8-16(15)13-18(17)14(2)20/h5-10,12-13H,3-4,11H2,1-2H3/b10-9+. The Kier molecular flexibility index (Phi) is 5.48. The third kappa shape index (κ3) is 4.04. The van der Waals surface area contributed by atoms with E-state index in [1.165, 1.54) is 13.0 Å². The first-order valence-corrected chi connectivity index (χ1v) is 7.50. The predicted octanol–water partition coefficient (Wildman–Crippen LogP) is 4.40. The summed E-state index contributed by atoms with van der Waals surface area (Å²) in [4.78, 5) is 23.5. The molecule has 0 aromatic heterocycles. The third-order valence-electron chi connectivity index (χ3n) is 3.44. The van der Waals surface area contributed by atoms with Crippen LogP contribution in [-0.4, -0.2) is 18.4 Å². The second-order valence-electron chi connectivity index (χ2n) is 5.20. The van der Waals surface area contributed by atoms with Crippen molar-refractivity contribution >= 4 is 28.6 Å². The number of unbranched alkanes of at least 4 members (excludes halogenated alkanes) is 1. The first-order chi connectivity index (χ1) is 10.6. The van der Waals surface area contributed by atoms with Gasteiger partial charge in [-0.15, -0.1) is 0 Å². The Hall–Kier alpha value is -2.42. The number of benzene rings is 2. The Morgan fingerprint density at radius 2 is 1.82 bits per heavy atom. The van der Waals surface area contributed by atoms with Crippen LogP contribution in [0.5, 0.6) is 0 Å². The molecule has 0 aliphatic heterocycles. The number of hydrogen-bond donors (Lipinski definition) is 0. The Morgan fingerprint density at radius 1 is 1.14 bits per heavy atom. The van der Waals surface area contributed by atoms with E-state index in [4.69, 9.17) is 4.74 Å². The molecule has 0 aliphatic rings. The second-order valence-corrected chi connectivity index (χ2v) is 5.20. The van der Waals surface area contributed by atoms with Crippen molar-refractivity contribution in [1.82, 2.24) is 0 Å². The summed E-state index contributed by atoms with van der Waals surface area (Å²) in [6, 6.07) is 11.6. The number of rotatable bonds is 6. The van der Waals surface area contributed by atoms with Crippen LogP contribution in [-0.2, 0) is 9.53 Å². The highest BCUT2D eigenvalue weighted by atomic mass is 16.5. The molecule has 0 fully saturated rings. The molecule has 3 heteroatoms. The monoisotopic (exact) mass is 296 g/mol. The number of carbonyl (C=O) groups excluding carboxylic acids is 2. The van der Waals surface area contributed by atoms with E-state index in [0.717, 1.165) is 29.2 Å².